The van der Waals surface area contributed by atoms with E-state index in [4.69, 9.17) is 0 Å². The predicted molar refractivity (Wildman–Crippen MR) is 195 cm³/mol. The molecule has 9 aromatic rings. The summed E-state index contributed by atoms with van der Waals surface area (Å²) in [5.74, 6) is 0. The molecule has 2 heterocycles. The van der Waals surface area contributed by atoms with E-state index in [0.29, 0.717) is 11.1 Å². The number of hydrogen-bond acceptors (Lipinski definition) is 2. The van der Waals surface area contributed by atoms with E-state index in [-0.39, 0.29) is 0 Å². The van der Waals surface area contributed by atoms with E-state index in [1.165, 1.54) is 10.8 Å². The predicted octanol–water partition coefficient (Wildman–Crippen LogP) is 11.0. The van der Waals surface area contributed by atoms with Crippen LogP contribution in [0, 0.1) is 22.7 Å². The fourth-order valence-electron chi connectivity index (χ4n) is 7.44. The molecule has 0 saturated carbocycles. The first-order valence-electron chi connectivity index (χ1n) is 15.9. The zero-order valence-electron chi connectivity index (χ0n) is 25.8. The molecule has 4 nitrogen and oxygen atoms in total. The van der Waals surface area contributed by atoms with Crippen molar-refractivity contribution in [2.75, 3.05) is 0 Å². The lowest BCUT2D eigenvalue weighted by Gasteiger charge is -2.18. The molecule has 9 rings (SSSR count). The second-order valence-electron chi connectivity index (χ2n) is 11.9. The van der Waals surface area contributed by atoms with Crippen LogP contribution in [-0.2, 0) is 0 Å². The molecule has 0 unspecified atom stereocenters. The Morgan fingerprint density at radius 1 is 0.417 bits per heavy atom. The van der Waals surface area contributed by atoms with Crippen LogP contribution in [-0.4, -0.2) is 9.13 Å². The van der Waals surface area contributed by atoms with Crippen molar-refractivity contribution in [2.24, 2.45) is 0 Å². The highest BCUT2D eigenvalue weighted by Crippen LogP contribution is 2.42. The molecule has 0 saturated heterocycles. The Labute approximate surface area is 277 Å². The molecular formula is C44H26N4. The van der Waals surface area contributed by atoms with Gasteiger partial charge in [-0.15, -0.1) is 0 Å². The molecule has 0 atom stereocenters. The van der Waals surface area contributed by atoms with Crippen molar-refractivity contribution < 1.29 is 0 Å². The van der Waals surface area contributed by atoms with E-state index < -0.39 is 0 Å². The summed E-state index contributed by atoms with van der Waals surface area (Å²) in [6, 6.07) is 58.8. The van der Waals surface area contributed by atoms with Gasteiger partial charge in [-0.25, -0.2) is 0 Å². The van der Waals surface area contributed by atoms with Gasteiger partial charge >= 0.3 is 0 Å². The molecule has 48 heavy (non-hydrogen) atoms. The van der Waals surface area contributed by atoms with Crippen molar-refractivity contribution in [3.63, 3.8) is 0 Å². The minimum Gasteiger partial charge on any atom is -0.309 e. The van der Waals surface area contributed by atoms with Gasteiger partial charge in [-0.1, -0.05) is 109 Å². The number of aromatic nitrogens is 2. The Balaban J connectivity index is 1.32. The van der Waals surface area contributed by atoms with E-state index in [1.807, 2.05) is 48.5 Å². The fraction of sp³-hybridized carbons (Fsp3) is 0. The molecule has 0 aliphatic heterocycles. The average Bonchev–Trinajstić information content (AvgIpc) is 3.68. The number of para-hydroxylation sites is 5. The molecule has 4 heteroatoms. The Bertz CT molecular complexity index is 2760. The topological polar surface area (TPSA) is 57.4 Å². The van der Waals surface area contributed by atoms with Crippen molar-refractivity contribution in [3.8, 4) is 45.8 Å². The molecule has 222 valence electrons. The van der Waals surface area contributed by atoms with Gasteiger partial charge in [0.2, 0.25) is 0 Å². The maximum atomic E-state index is 10.5. The second kappa shape index (κ2) is 10.9. The Morgan fingerprint density at radius 3 is 1.65 bits per heavy atom. The van der Waals surface area contributed by atoms with Crippen molar-refractivity contribution in [1.29, 1.82) is 10.5 Å². The third kappa shape index (κ3) is 4.01. The van der Waals surface area contributed by atoms with E-state index in [9.17, 15) is 10.5 Å². The molecule has 0 amide bonds. The number of nitrogens with zero attached hydrogens (tertiary/aromatic N) is 4. The minimum atomic E-state index is 0.599. The Morgan fingerprint density at radius 2 is 0.938 bits per heavy atom. The fourth-order valence-corrected chi connectivity index (χ4v) is 7.44. The summed E-state index contributed by atoms with van der Waals surface area (Å²) in [4.78, 5) is 0. The van der Waals surface area contributed by atoms with Gasteiger partial charge in [-0.2, -0.15) is 10.5 Å². The van der Waals surface area contributed by atoms with Gasteiger partial charge in [-0.3, -0.25) is 0 Å². The molecule has 0 N–H and O–H groups in total. The molecular weight excluding hydrogens is 585 g/mol. The van der Waals surface area contributed by atoms with Crippen LogP contribution in [0.3, 0.4) is 0 Å². The normalized spacial score (nSPS) is 11.3. The molecule has 0 radical (unpaired) electrons. The lowest BCUT2D eigenvalue weighted by Crippen LogP contribution is -2.00. The van der Waals surface area contributed by atoms with Crippen molar-refractivity contribution in [2.45, 2.75) is 0 Å². The Kier molecular flexibility index (Phi) is 6.22. The van der Waals surface area contributed by atoms with Gasteiger partial charge in [0, 0.05) is 38.4 Å². The summed E-state index contributed by atoms with van der Waals surface area (Å²) in [6.07, 6.45) is 0. The van der Waals surface area contributed by atoms with Crippen LogP contribution in [0.15, 0.2) is 158 Å². The lowest BCUT2D eigenvalue weighted by atomic mass is 9.89. The minimum absolute atomic E-state index is 0.599. The smallest absolute Gasteiger partial charge is 0.101 e. The number of benzene rings is 7. The number of nitriles is 2. The Hall–Kier alpha value is -6.88. The molecule has 0 fully saturated rings. The maximum Gasteiger partial charge on any atom is 0.101 e. The van der Waals surface area contributed by atoms with Crippen LogP contribution in [0.25, 0.3) is 77.2 Å². The zero-order valence-corrected chi connectivity index (χ0v) is 25.8. The SMILES string of the molecule is N#Cc1cccc(-c2ccccc2-n2c3ccccc3c3cccc(C#N)c32)c1-c1cccc(-n2c3ccccc3c3ccccc32)c1. The summed E-state index contributed by atoms with van der Waals surface area (Å²) < 4.78 is 4.51. The number of rotatable bonds is 4. The number of hydrogen-bond donors (Lipinski definition) is 0. The maximum absolute atomic E-state index is 10.5. The van der Waals surface area contributed by atoms with E-state index in [1.54, 1.807) is 0 Å². The van der Waals surface area contributed by atoms with E-state index in [0.717, 1.165) is 66.5 Å². The second-order valence-corrected chi connectivity index (χ2v) is 11.9. The van der Waals surface area contributed by atoms with Crippen LogP contribution in [0.4, 0.5) is 0 Å². The summed E-state index contributed by atoms with van der Waals surface area (Å²) in [6.45, 7) is 0. The highest BCUT2D eigenvalue weighted by Gasteiger charge is 2.21. The van der Waals surface area contributed by atoms with Crippen LogP contribution in [0.5, 0.6) is 0 Å². The average molecular weight is 611 g/mol. The third-order valence-corrected chi connectivity index (χ3v) is 9.41. The van der Waals surface area contributed by atoms with Gasteiger partial charge < -0.3 is 9.13 Å². The summed E-state index contributed by atoms with van der Waals surface area (Å²) in [5, 5.41) is 25.2. The van der Waals surface area contributed by atoms with Crippen LogP contribution in [0.1, 0.15) is 11.1 Å². The molecule has 0 bridgehead atoms. The molecule has 2 aromatic heterocycles. The van der Waals surface area contributed by atoms with Crippen molar-refractivity contribution in [1.82, 2.24) is 9.13 Å². The van der Waals surface area contributed by atoms with Crippen molar-refractivity contribution in [3.05, 3.63) is 169 Å². The van der Waals surface area contributed by atoms with Gasteiger partial charge in [-0.05, 0) is 59.7 Å². The molecule has 0 spiro atoms. The quantitative estimate of drug-likeness (QED) is 0.199. The highest BCUT2D eigenvalue weighted by molar-refractivity contribution is 6.12. The standard InChI is InChI=1S/C44H26N4/c45-27-30-13-10-20-37(35-18-3-7-24-41(35)48-42-25-8-4-19-36(42)38-21-11-14-31(28-46)44(38)48)43(30)29-12-9-15-32(26-29)47-39-22-5-1-16-33(39)34-17-2-6-23-40(34)47/h1-26H. The van der Waals surface area contributed by atoms with Gasteiger partial charge in [0.05, 0.1) is 45.0 Å². The summed E-state index contributed by atoms with van der Waals surface area (Å²) >= 11 is 0. The first-order valence-corrected chi connectivity index (χ1v) is 15.9. The summed E-state index contributed by atoms with van der Waals surface area (Å²) in [5.41, 5.74) is 11.1. The first-order chi connectivity index (χ1) is 23.8. The van der Waals surface area contributed by atoms with Gasteiger partial charge in [0.15, 0.2) is 0 Å². The lowest BCUT2D eigenvalue weighted by molar-refractivity contribution is 1.18. The van der Waals surface area contributed by atoms with E-state index >= 15 is 0 Å². The molecule has 0 aliphatic carbocycles. The highest BCUT2D eigenvalue weighted by atomic mass is 15.0. The van der Waals surface area contributed by atoms with Gasteiger partial charge in [0.25, 0.3) is 0 Å². The summed E-state index contributed by atoms with van der Waals surface area (Å²) in [7, 11) is 0. The first kappa shape index (κ1) is 27.4. The number of fused-ring (bicyclic) bond motifs is 6. The van der Waals surface area contributed by atoms with Crippen LogP contribution in [0.2, 0.25) is 0 Å². The largest absolute Gasteiger partial charge is 0.309 e. The zero-order chi connectivity index (χ0) is 32.2. The third-order valence-electron chi connectivity index (χ3n) is 9.41. The molecule has 0 aliphatic rings. The van der Waals surface area contributed by atoms with E-state index in [2.05, 4.69) is 130 Å². The molecule has 7 aromatic carbocycles. The van der Waals surface area contributed by atoms with Crippen LogP contribution >= 0.6 is 0 Å². The van der Waals surface area contributed by atoms with Gasteiger partial charge in [0.1, 0.15) is 6.07 Å². The van der Waals surface area contributed by atoms with Crippen LogP contribution < -0.4 is 0 Å². The van der Waals surface area contributed by atoms with Crippen molar-refractivity contribution >= 4 is 43.6 Å². The monoisotopic (exact) mass is 610 g/mol.